The van der Waals surface area contributed by atoms with Gasteiger partial charge in [-0.1, -0.05) is 6.07 Å². The number of carbonyl (C=O) groups excluding carboxylic acids is 1. The van der Waals surface area contributed by atoms with E-state index >= 15 is 0 Å². The third-order valence-corrected chi connectivity index (χ3v) is 4.45. The molecule has 1 aliphatic rings. The molecule has 1 atom stereocenters. The van der Waals surface area contributed by atoms with Crippen LogP contribution in [-0.4, -0.2) is 23.1 Å². The quantitative estimate of drug-likeness (QED) is 0.330. The van der Waals surface area contributed by atoms with Gasteiger partial charge in [-0.3, -0.25) is 10.1 Å². The monoisotopic (exact) mass is 417 g/mol. The second-order valence-corrected chi connectivity index (χ2v) is 6.51. The lowest BCUT2D eigenvalue weighted by Gasteiger charge is -2.29. The highest BCUT2D eigenvalue weighted by Gasteiger charge is 2.32. The third kappa shape index (κ3) is 4.32. The van der Waals surface area contributed by atoms with Crippen LogP contribution in [0.5, 0.6) is 11.5 Å². The maximum atomic E-state index is 13.1. The average molecular weight is 417 g/mol. The molecular weight excluding hydrogens is 401 g/mol. The molecule has 29 heavy (non-hydrogen) atoms. The van der Waals surface area contributed by atoms with Crippen LogP contribution in [0.25, 0.3) is 0 Å². The van der Waals surface area contributed by atoms with Gasteiger partial charge in [-0.05, 0) is 55.0 Å². The van der Waals surface area contributed by atoms with Crippen molar-refractivity contribution in [3.63, 3.8) is 0 Å². The minimum Gasteiger partial charge on any atom is -0.466 e. The van der Waals surface area contributed by atoms with E-state index in [0.29, 0.717) is 11.3 Å². The van der Waals surface area contributed by atoms with E-state index < -0.39 is 22.8 Å². The first-order valence-corrected chi connectivity index (χ1v) is 8.79. The number of methoxy groups -OCH3 is 1. The van der Waals surface area contributed by atoms with Crippen LogP contribution in [0.15, 0.2) is 53.7 Å². The first kappa shape index (κ1) is 20.2. The third-order valence-electron chi connectivity index (χ3n) is 4.23. The highest BCUT2D eigenvalue weighted by Crippen LogP contribution is 2.36. The standard InChI is InChI=1S/C19H16FN3O5S/c1-10-16(18(24)27-2)17(22-19(29)21-10)11-3-8-15(14(9-11)23(25)26)28-13-6-4-12(20)5-7-13/h3-9,17H,1-2H3,(H2,21,22,29). The SMILES string of the molecule is COC(=O)C1=C(C)NC(=S)NC1c1ccc(Oc2ccc(F)cc2)c([N+](=O)[O-])c1. The summed E-state index contributed by atoms with van der Waals surface area (Å²) in [6.07, 6.45) is 0. The molecule has 0 aromatic heterocycles. The Labute approximate surface area is 170 Å². The molecule has 2 aromatic rings. The minimum atomic E-state index is -0.741. The molecule has 1 unspecified atom stereocenters. The van der Waals surface area contributed by atoms with E-state index in [1.165, 1.54) is 43.5 Å². The van der Waals surface area contributed by atoms with Crippen molar-refractivity contribution < 1.29 is 23.6 Å². The Kier molecular flexibility index (Phi) is 5.74. The Balaban J connectivity index is 2.02. The van der Waals surface area contributed by atoms with E-state index in [1.807, 2.05) is 0 Å². The van der Waals surface area contributed by atoms with E-state index in [1.54, 1.807) is 13.0 Å². The molecule has 0 saturated carbocycles. The van der Waals surface area contributed by atoms with Crippen LogP contribution in [0.1, 0.15) is 18.5 Å². The van der Waals surface area contributed by atoms with Gasteiger partial charge in [0.05, 0.1) is 23.6 Å². The van der Waals surface area contributed by atoms with Crippen molar-refractivity contribution in [2.75, 3.05) is 7.11 Å². The zero-order valence-corrected chi connectivity index (χ0v) is 16.2. The second kappa shape index (κ2) is 8.23. The number of carbonyl (C=O) groups is 1. The van der Waals surface area contributed by atoms with Gasteiger partial charge in [0, 0.05) is 11.8 Å². The minimum absolute atomic E-state index is 0.0258. The van der Waals surface area contributed by atoms with Gasteiger partial charge in [0.25, 0.3) is 0 Å². The molecule has 0 spiro atoms. The zero-order valence-electron chi connectivity index (χ0n) is 15.4. The molecule has 150 valence electrons. The second-order valence-electron chi connectivity index (χ2n) is 6.10. The Hall–Kier alpha value is -3.53. The highest BCUT2D eigenvalue weighted by atomic mass is 32.1. The smallest absolute Gasteiger partial charge is 0.337 e. The number of hydrogen-bond donors (Lipinski definition) is 2. The van der Waals surface area contributed by atoms with Crippen molar-refractivity contribution in [2.45, 2.75) is 13.0 Å². The van der Waals surface area contributed by atoms with Crippen molar-refractivity contribution in [2.24, 2.45) is 0 Å². The number of rotatable bonds is 5. The van der Waals surface area contributed by atoms with E-state index in [9.17, 15) is 19.3 Å². The molecule has 1 heterocycles. The fourth-order valence-corrected chi connectivity index (χ4v) is 3.17. The lowest BCUT2D eigenvalue weighted by atomic mass is 9.95. The maximum Gasteiger partial charge on any atom is 0.337 e. The number of nitro benzene ring substituents is 1. The predicted octanol–water partition coefficient (Wildman–Crippen LogP) is 3.49. The summed E-state index contributed by atoms with van der Waals surface area (Å²) < 4.78 is 23.4. The van der Waals surface area contributed by atoms with Crippen molar-refractivity contribution in [1.29, 1.82) is 0 Å². The van der Waals surface area contributed by atoms with Crippen LogP contribution in [0, 0.1) is 15.9 Å². The van der Waals surface area contributed by atoms with Gasteiger partial charge >= 0.3 is 11.7 Å². The molecule has 2 N–H and O–H groups in total. The number of benzene rings is 2. The number of nitrogens with one attached hydrogen (secondary N) is 2. The Morgan fingerprint density at radius 3 is 2.55 bits per heavy atom. The predicted molar refractivity (Wildman–Crippen MR) is 106 cm³/mol. The van der Waals surface area contributed by atoms with Gasteiger partial charge < -0.3 is 20.1 Å². The number of esters is 1. The zero-order chi connectivity index (χ0) is 21.1. The number of halogens is 1. The molecule has 1 aliphatic heterocycles. The van der Waals surface area contributed by atoms with Crippen LogP contribution < -0.4 is 15.4 Å². The average Bonchev–Trinajstić information content (AvgIpc) is 2.68. The maximum absolute atomic E-state index is 13.1. The van der Waals surface area contributed by atoms with Gasteiger partial charge in [0.15, 0.2) is 5.11 Å². The summed E-state index contributed by atoms with van der Waals surface area (Å²) in [6, 6.07) is 8.64. The van der Waals surface area contributed by atoms with Crippen LogP contribution >= 0.6 is 12.2 Å². The summed E-state index contributed by atoms with van der Waals surface area (Å²) in [4.78, 5) is 23.2. The molecule has 3 rings (SSSR count). The molecule has 8 nitrogen and oxygen atoms in total. The molecule has 0 fully saturated rings. The summed E-state index contributed by atoms with van der Waals surface area (Å²) in [6.45, 7) is 1.66. The number of hydrogen-bond acceptors (Lipinski definition) is 6. The lowest BCUT2D eigenvalue weighted by molar-refractivity contribution is -0.385. The van der Waals surface area contributed by atoms with Gasteiger partial charge in [-0.15, -0.1) is 0 Å². The van der Waals surface area contributed by atoms with Crippen molar-refractivity contribution in [3.05, 3.63) is 75.2 Å². The summed E-state index contributed by atoms with van der Waals surface area (Å²) in [5.41, 5.74) is 0.842. The lowest BCUT2D eigenvalue weighted by Crippen LogP contribution is -2.45. The number of thiocarbonyl (C=S) groups is 1. The summed E-state index contributed by atoms with van der Waals surface area (Å²) in [5, 5.41) is 17.6. The van der Waals surface area contributed by atoms with E-state index in [2.05, 4.69) is 10.6 Å². The molecular formula is C19H16FN3O5S. The summed E-state index contributed by atoms with van der Waals surface area (Å²) >= 11 is 5.15. The molecule has 0 radical (unpaired) electrons. The fraction of sp³-hybridized carbons (Fsp3) is 0.158. The normalized spacial score (nSPS) is 16.0. The van der Waals surface area contributed by atoms with E-state index in [-0.39, 0.29) is 27.9 Å². The molecule has 0 aliphatic carbocycles. The molecule has 2 aromatic carbocycles. The van der Waals surface area contributed by atoms with Gasteiger partial charge in [-0.2, -0.15) is 0 Å². The Morgan fingerprint density at radius 2 is 1.93 bits per heavy atom. The van der Waals surface area contributed by atoms with Gasteiger partial charge in [-0.25, -0.2) is 9.18 Å². The van der Waals surface area contributed by atoms with Crippen LogP contribution in [0.2, 0.25) is 0 Å². The topological polar surface area (TPSA) is 103 Å². The van der Waals surface area contributed by atoms with Gasteiger partial charge in [0.2, 0.25) is 5.75 Å². The van der Waals surface area contributed by atoms with Crippen LogP contribution in [0.3, 0.4) is 0 Å². The number of nitro groups is 1. The molecule has 0 bridgehead atoms. The van der Waals surface area contributed by atoms with Crippen molar-refractivity contribution >= 4 is 29.0 Å². The first-order valence-electron chi connectivity index (χ1n) is 8.38. The number of allylic oxidation sites excluding steroid dienone is 1. The molecule has 0 saturated heterocycles. The molecule has 10 heteroatoms. The highest BCUT2D eigenvalue weighted by molar-refractivity contribution is 7.80. The number of ether oxygens (including phenoxy) is 2. The van der Waals surface area contributed by atoms with Crippen LogP contribution in [-0.2, 0) is 9.53 Å². The summed E-state index contributed by atoms with van der Waals surface area (Å²) in [7, 11) is 1.24. The number of nitrogens with zero attached hydrogens (tertiary/aromatic N) is 1. The van der Waals surface area contributed by atoms with E-state index in [0.717, 1.165) is 0 Å². The fourth-order valence-electron chi connectivity index (χ4n) is 2.90. The Morgan fingerprint density at radius 1 is 1.24 bits per heavy atom. The van der Waals surface area contributed by atoms with Crippen LogP contribution in [0.4, 0.5) is 10.1 Å². The van der Waals surface area contributed by atoms with Crippen molar-refractivity contribution in [1.82, 2.24) is 10.6 Å². The largest absolute Gasteiger partial charge is 0.466 e. The summed E-state index contributed by atoms with van der Waals surface area (Å²) in [5.74, 6) is -0.825. The van der Waals surface area contributed by atoms with Gasteiger partial charge in [0.1, 0.15) is 11.6 Å². The first-order chi connectivity index (χ1) is 13.8. The van der Waals surface area contributed by atoms with E-state index in [4.69, 9.17) is 21.7 Å². The molecule has 0 amide bonds. The Bertz CT molecular complexity index is 1020. The van der Waals surface area contributed by atoms with Crippen molar-refractivity contribution in [3.8, 4) is 11.5 Å².